The maximum Gasteiger partial charge on any atom is 0.341 e. The number of hydrogen-bond acceptors (Lipinski definition) is 5. The van der Waals surface area contributed by atoms with E-state index in [4.69, 9.17) is 4.74 Å². The molecule has 0 spiro atoms. The van der Waals surface area contributed by atoms with Crippen LogP contribution in [-0.4, -0.2) is 27.8 Å². The van der Waals surface area contributed by atoms with Crippen molar-refractivity contribution in [3.05, 3.63) is 32.4 Å². The first-order chi connectivity index (χ1) is 9.01. The Morgan fingerprint density at radius 2 is 2.32 bits per heavy atom. The van der Waals surface area contributed by atoms with Crippen molar-refractivity contribution in [2.24, 2.45) is 7.05 Å². The molecule has 0 aromatic carbocycles. The van der Waals surface area contributed by atoms with Crippen LogP contribution in [0.3, 0.4) is 0 Å². The highest BCUT2D eigenvalue weighted by atomic mass is 79.9. The number of thiazole rings is 1. The molecule has 0 N–H and O–H groups in total. The van der Waals surface area contributed by atoms with Crippen molar-refractivity contribution in [1.82, 2.24) is 14.8 Å². The van der Waals surface area contributed by atoms with Crippen molar-refractivity contribution < 1.29 is 9.53 Å². The van der Waals surface area contributed by atoms with Crippen LogP contribution in [0.2, 0.25) is 0 Å². The van der Waals surface area contributed by atoms with Gasteiger partial charge in [0.15, 0.2) is 0 Å². The van der Waals surface area contributed by atoms with Gasteiger partial charge in [0.1, 0.15) is 5.01 Å². The summed E-state index contributed by atoms with van der Waals surface area (Å²) in [6, 6.07) is 1.89. The number of aromatic nitrogens is 3. The molecule has 0 saturated carbocycles. The lowest BCUT2D eigenvalue weighted by atomic mass is 10.2. The van der Waals surface area contributed by atoms with Gasteiger partial charge in [0.25, 0.3) is 0 Å². The molecule has 5 nitrogen and oxygen atoms in total. The minimum Gasteiger partial charge on any atom is -0.465 e. The molecule has 0 atom stereocenters. The molecule has 0 aliphatic rings. The van der Waals surface area contributed by atoms with Crippen LogP contribution in [0.1, 0.15) is 16.4 Å². The molecule has 0 fully saturated rings. The molecule has 100 valence electrons. The van der Waals surface area contributed by atoms with Crippen molar-refractivity contribution >= 4 is 44.9 Å². The fourth-order valence-electron chi connectivity index (χ4n) is 1.50. The Labute approximate surface area is 123 Å². The van der Waals surface area contributed by atoms with Crippen molar-refractivity contribution in [1.29, 1.82) is 0 Å². The van der Waals surface area contributed by atoms with E-state index < -0.39 is 5.97 Å². The van der Waals surface area contributed by atoms with Crippen LogP contribution in [0.15, 0.2) is 16.0 Å². The van der Waals surface area contributed by atoms with E-state index >= 15 is 0 Å². The van der Waals surface area contributed by atoms with E-state index in [-0.39, 0.29) is 0 Å². The number of esters is 1. The summed E-state index contributed by atoms with van der Waals surface area (Å²) in [5.41, 5.74) is 2.11. The SMILES string of the molecule is COC(=O)/C(=C/c1cc(C)n(C)n1)c1ncc(Br)s1. The molecule has 0 aliphatic heterocycles. The molecule has 0 bridgehead atoms. The lowest BCUT2D eigenvalue weighted by Crippen LogP contribution is -2.03. The summed E-state index contributed by atoms with van der Waals surface area (Å²) < 4.78 is 7.40. The summed E-state index contributed by atoms with van der Waals surface area (Å²) in [6.45, 7) is 1.95. The van der Waals surface area contributed by atoms with Gasteiger partial charge in [-0.05, 0) is 35.0 Å². The number of rotatable bonds is 3. The first-order valence-electron chi connectivity index (χ1n) is 5.43. The molecule has 2 aromatic rings. The zero-order valence-electron chi connectivity index (χ0n) is 10.7. The monoisotopic (exact) mass is 341 g/mol. The minimum absolute atomic E-state index is 0.399. The molecule has 0 amide bonds. The van der Waals surface area contributed by atoms with Crippen LogP contribution >= 0.6 is 27.3 Å². The van der Waals surface area contributed by atoms with Gasteiger partial charge < -0.3 is 4.74 Å². The molecular weight excluding hydrogens is 330 g/mol. The van der Waals surface area contributed by atoms with Crippen LogP contribution in [0, 0.1) is 6.92 Å². The summed E-state index contributed by atoms with van der Waals surface area (Å²) in [6.07, 6.45) is 3.34. The zero-order valence-corrected chi connectivity index (χ0v) is 13.1. The lowest BCUT2D eigenvalue weighted by molar-refractivity contribution is -0.133. The standard InChI is InChI=1S/C12H12BrN3O2S/c1-7-4-8(15-16(7)2)5-9(12(17)18-3)11-14-6-10(13)19-11/h4-6H,1-3H3/b9-5+. The van der Waals surface area contributed by atoms with Gasteiger partial charge in [0.05, 0.1) is 28.4 Å². The highest BCUT2D eigenvalue weighted by Gasteiger charge is 2.17. The Bertz CT molecular complexity index is 626. The van der Waals surface area contributed by atoms with E-state index in [1.54, 1.807) is 17.0 Å². The number of nitrogens with zero attached hydrogens (tertiary/aromatic N) is 3. The van der Waals surface area contributed by atoms with Crippen LogP contribution in [-0.2, 0) is 16.6 Å². The van der Waals surface area contributed by atoms with E-state index in [0.29, 0.717) is 16.3 Å². The van der Waals surface area contributed by atoms with Gasteiger partial charge in [-0.1, -0.05) is 0 Å². The van der Waals surface area contributed by atoms with Crippen LogP contribution in [0.4, 0.5) is 0 Å². The predicted octanol–water partition coefficient (Wildman–Crippen LogP) is 2.66. The van der Waals surface area contributed by atoms with Gasteiger partial charge in [0.2, 0.25) is 0 Å². The Morgan fingerprint density at radius 3 is 2.79 bits per heavy atom. The molecule has 7 heteroatoms. The van der Waals surface area contributed by atoms with Crippen molar-refractivity contribution in [2.45, 2.75) is 6.92 Å². The van der Waals surface area contributed by atoms with E-state index in [9.17, 15) is 4.79 Å². The second-order valence-corrected chi connectivity index (χ2v) is 6.26. The molecule has 19 heavy (non-hydrogen) atoms. The molecule has 0 saturated heterocycles. The van der Waals surface area contributed by atoms with Gasteiger partial charge in [0, 0.05) is 12.7 Å². The molecule has 0 aliphatic carbocycles. The topological polar surface area (TPSA) is 57.0 Å². The van der Waals surface area contributed by atoms with Crippen molar-refractivity contribution in [3.63, 3.8) is 0 Å². The van der Waals surface area contributed by atoms with E-state index in [2.05, 4.69) is 26.0 Å². The Balaban J connectivity index is 2.46. The van der Waals surface area contributed by atoms with Crippen LogP contribution in [0.5, 0.6) is 0 Å². The number of ether oxygens (including phenoxy) is 1. The average molecular weight is 342 g/mol. The normalized spacial score (nSPS) is 11.7. The third kappa shape index (κ3) is 3.10. The first-order valence-corrected chi connectivity index (χ1v) is 7.04. The van der Waals surface area contributed by atoms with Gasteiger partial charge in [-0.15, -0.1) is 11.3 Å². The maximum atomic E-state index is 11.8. The number of carbonyl (C=O) groups is 1. The molecule has 2 heterocycles. The molecule has 2 aromatic heterocycles. The lowest BCUT2D eigenvalue weighted by Gasteiger charge is -2.00. The largest absolute Gasteiger partial charge is 0.465 e. The first kappa shape index (κ1) is 14.0. The second-order valence-electron chi connectivity index (χ2n) is 3.85. The number of hydrogen-bond donors (Lipinski definition) is 0. The maximum absolute atomic E-state index is 11.8. The van der Waals surface area contributed by atoms with Crippen LogP contribution < -0.4 is 0 Å². The summed E-state index contributed by atoms with van der Waals surface area (Å²) >= 11 is 4.70. The van der Waals surface area contributed by atoms with Gasteiger partial charge in [-0.2, -0.15) is 5.10 Å². The minimum atomic E-state index is -0.426. The highest BCUT2D eigenvalue weighted by Crippen LogP contribution is 2.27. The summed E-state index contributed by atoms with van der Waals surface area (Å²) in [5.74, 6) is -0.426. The number of aryl methyl sites for hydroxylation is 2. The van der Waals surface area contributed by atoms with Gasteiger partial charge >= 0.3 is 5.97 Å². The average Bonchev–Trinajstić information content (AvgIpc) is 2.93. The zero-order chi connectivity index (χ0) is 14.0. The smallest absolute Gasteiger partial charge is 0.341 e. The van der Waals surface area contributed by atoms with E-state index in [1.165, 1.54) is 18.4 Å². The molecular formula is C12H12BrN3O2S. The highest BCUT2D eigenvalue weighted by molar-refractivity contribution is 9.11. The van der Waals surface area contributed by atoms with E-state index in [0.717, 1.165) is 9.48 Å². The summed E-state index contributed by atoms with van der Waals surface area (Å²) in [5, 5.41) is 4.90. The quantitative estimate of drug-likeness (QED) is 0.636. The number of methoxy groups -OCH3 is 1. The summed E-state index contributed by atoms with van der Waals surface area (Å²) in [7, 11) is 3.20. The second kappa shape index (κ2) is 5.66. The third-order valence-corrected chi connectivity index (χ3v) is 4.05. The molecule has 0 radical (unpaired) electrons. The number of carbonyl (C=O) groups excluding carboxylic acids is 1. The van der Waals surface area contributed by atoms with E-state index in [1.807, 2.05) is 20.0 Å². The predicted molar refractivity (Wildman–Crippen MR) is 77.6 cm³/mol. The Hall–Kier alpha value is -1.47. The Morgan fingerprint density at radius 1 is 1.58 bits per heavy atom. The van der Waals surface area contributed by atoms with Gasteiger partial charge in [-0.3, -0.25) is 4.68 Å². The fraction of sp³-hybridized carbons (Fsp3) is 0.250. The molecule has 0 unspecified atom stereocenters. The van der Waals surface area contributed by atoms with Crippen molar-refractivity contribution in [2.75, 3.05) is 7.11 Å². The molecule has 2 rings (SSSR count). The Kier molecular flexibility index (Phi) is 4.16. The summed E-state index contributed by atoms with van der Waals surface area (Å²) in [4.78, 5) is 16.0. The number of halogens is 1. The van der Waals surface area contributed by atoms with Crippen LogP contribution in [0.25, 0.3) is 11.6 Å². The van der Waals surface area contributed by atoms with Gasteiger partial charge in [-0.25, -0.2) is 9.78 Å². The third-order valence-electron chi connectivity index (χ3n) is 2.54. The fourth-order valence-corrected chi connectivity index (χ4v) is 2.71. The van der Waals surface area contributed by atoms with Crippen molar-refractivity contribution in [3.8, 4) is 0 Å².